The van der Waals surface area contributed by atoms with Crippen LogP contribution in [0.5, 0.6) is 0 Å². The predicted octanol–water partition coefficient (Wildman–Crippen LogP) is 3.03. The highest BCUT2D eigenvalue weighted by Gasteiger charge is 2.51. The summed E-state index contributed by atoms with van der Waals surface area (Å²) in [4.78, 5) is 45.5. The third-order valence-electron chi connectivity index (χ3n) is 7.67. The highest BCUT2D eigenvalue weighted by molar-refractivity contribution is 6.06. The van der Waals surface area contributed by atoms with E-state index >= 15 is 0 Å². The van der Waals surface area contributed by atoms with Crippen LogP contribution in [0, 0.1) is 5.41 Å². The number of carbonyl (C=O) groups is 3. The summed E-state index contributed by atoms with van der Waals surface area (Å²) in [6, 6.07) is 9.74. The summed E-state index contributed by atoms with van der Waals surface area (Å²) >= 11 is 0. The van der Waals surface area contributed by atoms with Crippen molar-refractivity contribution in [2.45, 2.75) is 64.3 Å². The average Bonchev–Trinajstić information content (AvgIpc) is 3.19. The van der Waals surface area contributed by atoms with Crippen LogP contribution in [0.4, 0.5) is 11.5 Å². The molecule has 0 saturated carbocycles. The fourth-order valence-electron chi connectivity index (χ4n) is 5.81. The van der Waals surface area contributed by atoms with Crippen LogP contribution in [0.3, 0.4) is 0 Å². The third-order valence-corrected chi connectivity index (χ3v) is 7.67. The first-order valence-electron chi connectivity index (χ1n) is 12.9. The Kier molecular flexibility index (Phi) is 6.32. The van der Waals surface area contributed by atoms with Gasteiger partial charge in [0.05, 0.1) is 5.41 Å². The van der Waals surface area contributed by atoms with Gasteiger partial charge in [-0.3, -0.25) is 14.4 Å². The fraction of sp³-hybridized carbons (Fsp3) is 0.500. The van der Waals surface area contributed by atoms with Gasteiger partial charge in [-0.05, 0) is 74.5 Å². The van der Waals surface area contributed by atoms with E-state index in [0.29, 0.717) is 24.3 Å². The molecule has 2 aromatic rings. The van der Waals surface area contributed by atoms with E-state index in [-0.39, 0.29) is 30.3 Å². The molecular formula is C28H35N5O3. The summed E-state index contributed by atoms with van der Waals surface area (Å²) in [5, 5.41) is 9.33. The maximum atomic E-state index is 13.3. The van der Waals surface area contributed by atoms with Crippen molar-refractivity contribution in [1.82, 2.24) is 15.2 Å². The van der Waals surface area contributed by atoms with Crippen molar-refractivity contribution in [2.75, 3.05) is 30.3 Å². The van der Waals surface area contributed by atoms with Crippen molar-refractivity contribution in [2.24, 2.45) is 5.41 Å². The number of anilines is 2. The first-order chi connectivity index (χ1) is 17.2. The van der Waals surface area contributed by atoms with Gasteiger partial charge in [-0.25, -0.2) is 4.98 Å². The van der Waals surface area contributed by atoms with Crippen LogP contribution < -0.4 is 16.0 Å². The number of aromatic nitrogens is 1. The number of fused-ring (bicyclic) bond motifs is 3. The number of amides is 3. The first kappa shape index (κ1) is 24.4. The molecule has 3 amide bonds. The summed E-state index contributed by atoms with van der Waals surface area (Å²) < 4.78 is 0. The Bertz CT molecular complexity index is 1200. The number of hydrogen-bond donors (Lipinski definition) is 3. The molecule has 1 spiro atoms. The van der Waals surface area contributed by atoms with E-state index in [1.165, 1.54) is 0 Å². The summed E-state index contributed by atoms with van der Waals surface area (Å²) in [5.74, 6) is 0.416. The van der Waals surface area contributed by atoms with Gasteiger partial charge in [0.15, 0.2) is 0 Å². The number of benzene rings is 1. The minimum atomic E-state index is -0.641. The van der Waals surface area contributed by atoms with E-state index in [9.17, 15) is 14.4 Å². The third kappa shape index (κ3) is 4.50. The zero-order valence-corrected chi connectivity index (χ0v) is 21.3. The van der Waals surface area contributed by atoms with Crippen molar-refractivity contribution in [3.05, 3.63) is 53.2 Å². The lowest BCUT2D eigenvalue weighted by atomic mass is 9.79. The van der Waals surface area contributed by atoms with Gasteiger partial charge in [-0.1, -0.05) is 32.9 Å². The molecule has 2 aliphatic heterocycles. The molecule has 1 aromatic carbocycles. The minimum absolute atomic E-state index is 0.0000317. The Morgan fingerprint density at radius 1 is 1.14 bits per heavy atom. The number of hydrogen-bond acceptors (Lipinski definition) is 5. The molecule has 3 N–H and O–H groups in total. The second-order valence-corrected chi connectivity index (χ2v) is 11.3. The minimum Gasteiger partial charge on any atom is -0.330 e. The van der Waals surface area contributed by atoms with E-state index in [4.69, 9.17) is 0 Å². The molecule has 3 heterocycles. The maximum Gasteiger partial charge on any atom is 0.244 e. The van der Waals surface area contributed by atoms with Crippen molar-refractivity contribution >= 4 is 29.2 Å². The highest BCUT2D eigenvalue weighted by Crippen LogP contribution is 2.46. The van der Waals surface area contributed by atoms with Gasteiger partial charge >= 0.3 is 0 Å². The highest BCUT2D eigenvalue weighted by atomic mass is 16.2. The van der Waals surface area contributed by atoms with Crippen molar-refractivity contribution < 1.29 is 14.4 Å². The van der Waals surface area contributed by atoms with Gasteiger partial charge in [0.2, 0.25) is 17.7 Å². The molecule has 1 fully saturated rings. The molecule has 2 atom stereocenters. The number of pyridine rings is 1. The standard InChI is InChI=1S/C28H35N5O3/c1-27(2,3)26(36)33(21-6-4-11-29-13-10-21)17-23(34)31-20-9-8-18-15-28(16-19(18)14-20)22-7-5-12-30-24(22)32-25(28)35/h5,7-9,12,14,21,29H,4,6,10-11,13,15-17H2,1-3H3,(H,31,34)(H,30,32,35). The number of carbonyl (C=O) groups excluding carboxylic acids is 3. The molecule has 3 aliphatic rings. The first-order valence-corrected chi connectivity index (χ1v) is 12.9. The fourth-order valence-corrected chi connectivity index (χ4v) is 5.81. The Labute approximate surface area is 212 Å². The lowest BCUT2D eigenvalue weighted by Crippen LogP contribution is -2.49. The van der Waals surface area contributed by atoms with Crippen LogP contribution in [0.25, 0.3) is 0 Å². The summed E-state index contributed by atoms with van der Waals surface area (Å²) in [5.41, 5.74) is 2.58. The van der Waals surface area contributed by atoms with Crippen LogP contribution in [-0.4, -0.2) is 53.3 Å². The molecule has 0 radical (unpaired) electrons. The van der Waals surface area contributed by atoms with Gasteiger partial charge in [-0.15, -0.1) is 0 Å². The largest absolute Gasteiger partial charge is 0.330 e. The van der Waals surface area contributed by atoms with Gasteiger partial charge in [0, 0.05) is 28.9 Å². The zero-order valence-electron chi connectivity index (χ0n) is 21.3. The lowest BCUT2D eigenvalue weighted by Gasteiger charge is -2.35. The molecule has 190 valence electrons. The molecule has 0 bridgehead atoms. The SMILES string of the molecule is CC(C)(C)C(=O)N(CC(=O)Nc1ccc2c(c1)CC1(C2)C(=O)Nc2ncccc21)C1CCCNCC1. The Morgan fingerprint density at radius 3 is 2.75 bits per heavy atom. The molecule has 36 heavy (non-hydrogen) atoms. The molecule has 5 rings (SSSR count). The number of rotatable bonds is 4. The molecule has 2 unspecified atom stereocenters. The molecule has 1 saturated heterocycles. The van der Waals surface area contributed by atoms with E-state index in [0.717, 1.165) is 49.0 Å². The van der Waals surface area contributed by atoms with Gasteiger partial charge in [0.25, 0.3) is 0 Å². The second-order valence-electron chi connectivity index (χ2n) is 11.3. The van der Waals surface area contributed by atoms with Gasteiger partial charge in [0.1, 0.15) is 12.4 Å². The van der Waals surface area contributed by atoms with Gasteiger partial charge in [-0.2, -0.15) is 0 Å². The van der Waals surface area contributed by atoms with E-state index in [2.05, 4.69) is 20.9 Å². The second kappa shape index (κ2) is 9.32. The van der Waals surface area contributed by atoms with E-state index in [1.807, 2.05) is 51.1 Å². The van der Waals surface area contributed by atoms with Crippen molar-refractivity contribution in [1.29, 1.82) is 0 Å². The summed E-state index contributed by atoms with van der Waals surface area (Å²) in [7, 11) is 0. The maximum absolute atomic E-state index is 13.3. The molecular weight excluding hydrogens is 454 g/mol. The topological polar surface area (TPSA) is 103 Å². The smallest absolute Gasteiger partial charge is 0.244 e. The van der Waals surface area contributed by atoms with Crippen LogP contribution in [0.2, 0.25) is 0 Å². The average molecular weight is 490 g/mol. The quantitative estimate of drug-likeness (QED) is 0.613. The Morgan fingerprint density at radius 2 is 1.94 bits per heavy atom. The lowest BCUT2D eigenvalue weighted by molar-refractivity contribution is -0.144. The van der Waals surface area contributed by atoms with E-state index in [1.54, 1.807) is 11.1 Å². The summed E-state index contributed by atoms with van der Waals surface area (Å²) in [6.07, 6.45) is 5.59. The van der Waals surface area contributed by atoms with Crippen LogP contribution in [-0.2, 0) is 32.6 Å². The normalized spacial score (nSPS) is 23.0. The molecule has 1 aromatic heterocycles. The predicted molar refractivity (Wildman–Crippen MR) is 139 cm³/mol. The van der Waals surface area contributed by atoms with Crippen LogP contribution in [0.15, 0.2) is 36.5 Å². The monoisotopic (exact) mass is 489 g/mol. The van der Waals surface area contributed by atoms with Crippen molar-refractivity contribution in [3.63, 3.8) is 0 Å². The van der Waals surface area contributed by atoms with Crippen LogP contribution >= 0.6 is 0 Å². The molecule has 1 aliphatic carbocycles. The molecule has 8 heteroatoms. The van der Waals surface area contributed by atoms with Crippen LogP contribution in [0.1, 0.15) is 56.7 Å². The molecule has 8 nitrogen and oxygen atoms in total. The Hall–Kier alpha value is -3.26. The summed E-state index contributed by atoms with van der Waals surface area (Å²) in [6.45, 7) is 7.52. The van der Waals surface area contributed by atoms with E-state index < -0.39 is 10.8 Å². The Balaban J connectivity index is 1.32. The zero-order chi connectivity index (χ0) is 25.5. The van der Waals surface area contributed by atoms with Gasteiger partial charge < -0.3 is 20.9 Å². The van der Waals surface area contributed by atoms with Crippen molar-refractivity contribution in [3.8, 4) is 0 Å². The number of nitrogens with zero attached hydrogens (tertiary/aromatic N) is 2. The number of nitrogens with one attached hydrogen (secondary N) is 3.